The van der Waals surface area contributed by atoms with Gasteiger partial charge in [-0.25, -0.2) is 0 Å². The summed E-state index contributed by atoms with van der Waals surface area (Å²) in [5, 5.41) is 3.52. The molecule has 3 heteroatoms. The third-order valence-corrected chi connectivity index (χ3v) is 4.44. The number of rotatable bonds is 5. The van der Waals surface area contributed by atoms with Gasteiger partial charge in [0.1, 0.15) is 5.75 Å². The minimum absolute atomic E-state index is 0.305. The second-order valence-electron chi connectivity index (χ2n) is 5.11. The van der Waals surface area contributed by atoms with Gasteiger partial charge in [0.05, 0.1) is 6.61 Å². The van der Waals surface area contributed by atoms with Crippen LogP contribution in [0.2, 0.25) is 0 Å². The first-order chi connectivity index (χ1) is 8.11. The predicted octanol–water partition coefficient (Wildman–Crippen LogP) is 2.85. The van der Waals surface area contributed by atoms with Gasteiger partial charge in [0.15, 0.2) is 0 Å². The molecule has 1 aromatic rings. The fraction of sp³-hybridized carbons (Fsp3) is 0.571. The summed E-state index contributed by atoms with van der Waals surface area (Å²) in [6.07, 6.45) is 3.22. The van der Waals surface area contributed by atoms with Crippen LogP contribution in [0.4, 0.5) is 0 Å². The topological polar surface area (TPSA) is 21.3 Å². The van der Waals surface area contributed by atoms with E-state index in [-0.39, 0.29) is 0 Å². The number of fused-ring (bicyclic) bond motifs is 1. The Kier molecular flexibility index (Phi) is 4.00. The summed E-state index contributed by atoms with van der Waals surface area (Å²) >= 11 is 1.90. The molecule has 0 fully saturated rings. The van der Waals surface area contributed by atoms with E-state index in [0.29, 0.717) is 4.75 Å². The molecule has 2 nitrogen and oxygen atoms in total. The summed E-state index contributed by atoms with van der Waals surface area (Å²) in [6.45, 7) is 7.34. The molecular weight excluding hydrogens is 230 g/mol. The molecule has 1 aliphatic rings. The number of hydrogen-bond donors (Lipinski definition) is 1. The Morgan fingerprint density at radius 1 is 1.41 bits per heavy atom. The lowest BCUT2D eigenvalue weighted by Gasteiger charge is -2.22. The van der Waals surface area contributed by atoms with Crippen LogP contribution < -0.4 is 10.1 Å². The van der Waals surface area contributed by atoms with Gasteiger partial charge in [0.25, 0.3) is 0 Å². The van der Waals surface area contributed by atoms with Crippen molar-refractivity contribution >= 4 is 11.8 Å². The lowest BCUT2D eigenvalue weighted by Crippen LogP contribution is -2.31. The Bertz CT molecular complexity index is 390. The number of nitrogens with one attached hydrogen (secondary N) is 1. The minimum Gasteiger partial charge on any atom is -0.493 e. The van der Waals surface area contributed by atoms with Gasteiger partial charge in [-0.3, -0.25) is 0 Å². The van der Waals surface area contributed by atoms with E-state index < -0.39 is 0 Å². The highest BCUT2D eigenvalue weighted by atomic mass is 32.2. The first-order valence-corrected chi connectivity index (χ1v) is 7.34. The Balaban J connectivity index is 1.88. The molecule has 0 bridgehead atoms. The van der Waals surface area contributed by atoms with Crippen LogP contribution in [0.15, 0.2) is 18.2 Å². The predicted molar refractivity (Wildman–Crippen MR) is 74.9 cm³/mol. The standard InChI is InChI=1S/C14H21NOS/c1-14(2,17-3)10-15-9-11-4-5-13-12(8-11)6-7-16-13/h4-5,8,15H,6-7,9-10H2,1-3H3. The molecule has 0 saturated heterocycles. The molecule has 1 aliphatic heterocycles. The minimum atomic E-state index is 0.305. The van der Waals surface area contributed by atoms with Crippen molar-refractivity contribution in [3.05, 3.63) is 29.3 Å². The molecule has 0 saturated carbocycles. The largest absolute Gasteiger partial charge is 0.493 e. The second-order valence-corrected chi connectivity index (χ2v) is 6.62. The van der Waals surface area contributed by atoms with Crippen LogP contribution in [0.5, 0.6) is 5.75 Å². The maximum absolute atomic E-state index is 5.51. The molecule has 0 aromatic heterocycles. The Morgan fingerprint density at radius 3 is 3.00 bits per heavy atom. The summed E-state index contributed by atoms with van der Waals surface area (Å²) in [4.78, 5) is 0. The zero-order chi connectivity index (χ0) is 12.3. The zero-order valence-corrected chi connectivity index (χ0v) is 11.7. The van der Waals surface area contributed by atoms with Gasteiger partial charge < -0.3 is 10.1 Å². The van der Waals surface area contributed by atoms with E-state index in [4.69, 9.17) is 4.74 Å². The Hall–Kier alpha value is -0.670. The number of ether oxygens (including phenoxy) is 1. The Morgan fingerprint density at radius 2 is 2.24 bits per heavy atom. The summed E-state index contributed by atoms with van der Waals surface area (Å²) in [6, 6.07) is 6.52. The van der Waals surface area contributed by atoms with Crippen LogP contribution >= 0.6 is 11.8 Å². The van der Waals surface area contributed by atoms with Gasteiger partial charge in [0.2, 0.25) is 0 Å². The summed E-state index contributed by atoms with van der Waals surface area (Å²) in [5.74, 6) is 1.07. The van der Waals surface area contributed by atoms with Crippen molar-refractivity contribution in [2.75, 3.05) is 19.4 Å². The van der Waals surface area contributed by atoms with Gasteiger partial charge in [-0.1, -0.05) is 12.1 Å². The molecule has 0 atom stereocenters. The van der Waals surface area contributed by atoms with Crippen molar-refractivity contribution in [3.8, 4) is 5.75 Å². The quantitative estimate of drug-likeness (QED) is 0.869. The van der Waals surface area contributed by atoms with Crippen molar-refractivity contribution in [2.45, 2.75) is 31.6 Å². The van der Waals surface area contributed by atoms with E-state index >= 15 is 0 Å². The highest BCUT2D eigenvalue weighted by molar-refractivity contribution is 7.99. The van der Waals surface area contributed by atoms with Crippen LogP contribution in [-0.4, -0.2) is 24.2 Å². The van der Waals surface area contributed by atoms with Crippen LogP contribution in [0.1, 0.15) is 25.0 Å². The van der Waals surface area contributed by atoms with Crippen molar-refractivity contribution in [1.82, 2.24) is 5.32 Å². The number of thioether (sulfide) groups is 1. The molecule has 94 valence electrons. The maximum atomic E-state index is 5.51. The highest BCUT2D eigenvalue weighted by Crippen LogP contribution is 2.26. The van der Waals surface area contributed by atoms with Crippen LogP contribution in [0.25, 0.3) is 0 Å². The van der Waals surface area contributed by atoms with Gasteiger partial charge in [0, 0.05) is 24.3 Å². The molecule has 1 N–H and O–H groups in total. The molecule has 1 heterocycles. The zero-order valence-electron chi connectivity index (χ0n) is 10.9. The van der Waals surface area contributed by atoms with Crippen molar-refractivity contribution in [3.63, 3.8) is 0 Å². The fourth-order valence-corrected chi connectivity index (χ4v) is 2.18. The molecule has 0 unspecified atom stereocenters. The van der Waals surface area contributed by atoms with E-state index in [2.05, 4.69) is 43.6 Å². The van der Waals surface area contributed by atoms with Gasteiger partial charge in [-0.15, -0.1) is 0 Å². The number of benzene rings is 1. The molecule has 1 aromatic carbocycles. The molecular formula is C14H21NOS. The van der Waals surface area contributed by atoms with E-state index in [9.17, 15) is 0 Å². The van der Waals surface area contributed by atoms with E-state index in [1.807, 2.05) is 11.8 Å². The Labute approximate surface area is 108 Å². The molecule has 0 radical (unpaired) electrons. The smallest absolute Gasteiger partial charge is 0.122 e. The monoisotopic (exact) mass is 251 g/mol. The van der Waals surface area contributed by atoms with E-state index in [1.165, 1.54) is 11.1 Å². The molecule has 0 aliphatic carbocycles. The number of hydrogen-bond acceptors (Lipinski definition) is 3. The summed E-state index contributed by atoms with van der Waals surface area (Å²) < 4.78 is 5.81. The van der Waals surface area contributed by atoms with E-state index in [0.717, 1.165) is 31.9 Å². The average molecular weight is 251 g/mol. The van der Waals surface area contributed by atoms with Crippen molar-refractivity contribution in [2.24, 2.45) is 0 Å². The second kappa shape index (κ2) is 5.32. The molecule has 0 amide bonds. The van der Waals surface area contributed by atoms with Gasteiger partial charge in [-0.2, -0.15) is 11.8 Å². The molecule has 0 spiro atoms. The highest BCUT2D eigenvalue weighted by Gasteiger charge is 2.15. The van der Waals surface area contributed by atoms with Crippen LogP contribution in [0.3, 0.4) is 0 Å². The lowest BCUT2D eigenvalue weighted by molar-refractivity contribution is 0.357. The third-order valence-electron chi connectivity index (χ3n) is 3.19. The van der Waals surface area contributed by atoms with Gasteiger partial charge in [-0.05, 0) is 37.3 Å². The van der Waals surface area contributed by atoms with Crippen LogP contribution in [0, 0.1) is 0 Å². The van der Waals surface area contributed by atoms with Crippen LogP contribution in [-0.2, 0) is 13.0 Å². The van der Waals surface area contributed by atoms with Gasteiger partial charge >= 0.3 is 0 Å². The third kappa shape index (κ3) is 3.39. The molecule has 17 heavy (non-hydrogen) atoms. The SMILES string of the molecule is CSC(C)(C)CNCc1ccc2c(c1)CCO2. The first-order valence-electron chi connectivity index (χ1n) is 6.11. The lowest BCUT2D eigenvalue weighted by atomic mass is 10.1. The van der Waals surface area contributed by atoms with Crippen molar-refractivity contribution < 1.29 is 4.74 Å². The first kappa shape index (κ1) is 12.8. The summed E-state index contributed by atoms with van der Waals surface area (Å²) in [5.41, 5.74) is 2.71. The normalized spacial score (nSPS) is 14.5. The van der Waals surface area contributed by atoms with Crippen molar-refractivity contribution in [1.29, 1.82) is 0 Å². The maximum Gasteiger partial charge on any atom is 0.122 e. The fourth-order valence-electron chi connectivity index (χ4n) is 1.93. The molecule has 2 rings (SSSR count). The summed E-state index contributed by atoms with van der Waals surface area (Å²) in [7, 11) is 0. The van der Waals surface area contributed by atoms with E-state index in [1.54, 1.807) is 0 Å². The average Bonchev–Trinajstić information content (AvgIpc) is 2.76.